The Balaban J connectivity index is 1.83. The Morgan fingerprint density at radius 3 is 2.59 bits per heavy atom. The third kappa shape index (κ3) is 3.94. The summed E-state index contributed by atoms with van der Waals surface area (Å²) in [5.74, 6) is 0.303. The number of thiophene rings is 1. The summed E-state index contributed by atoms with van der Waals surface area (Å²) in [6.45, 7) is 1.69. The zero-order valence-corrected chi connectivity index (χ0v) is 17.3. The Morgan fingerprint density at radius 2 is 1.90 bits per heavy atom. The maximum absolute atomic E-state index is 11.8. The number of hydrogen-bond acceptors (Lipinski definition) is 6. The highest BCUT2D eigenvalue weighted by molar-refractivity contribution is 7.21. The first-order valence-electron chi connectivity index (χ1n) is 9.40. The molecule has 1 fully saturated rings. The van der Waals surface area contributed by atoms with Crippen LogP contribution in [0.4, 0.5) is 11.5 Å². The van der Waals surface area contributed by atoms with Crippen molar-refractivity contribution in [3.8, 4) is 0 Å². The summed E-state index contributed by atoms with van der Waals surface area (Å²) in [7, 11) is 0. The van der Waals surface area contributed by atoms with E-state index in [1.54, 1.807) is 0 Å². The number of fused-ring (bicyclic) bond motifs is 1. The van der Waals surface area contributed by atoms with E-state index in [0.717, 1.165) is 48.3 Å². The number of anilines is 2. The van der Waals surface area contributed by atoms with Gasteiger partial charge in [0.05, 0.1) is 5.69 Å². The Morgan fingerprint density at radius 1 is 1.21 bits per heavy atom. The van der Waals surface area contributed by atoms with Crippen LogP contribution in [0.25, 0.3) is 22.4 Å². The lowest BCUT2D eigenvalue weighted by atomic mass is 10.0. The van der Waals surface area contributed by atoms with E-state index in [0.29, 0.717) is 20.4 Å². The minimum absolute atomic E-state index is 0.230. The molecule has 6 nitrogen and oxygen atoms in total. The van der Waals surface area contributed by atoms with Gasteiger partial charge < -0.3 is 22.1 Å². The number of pyridine rings is 1. The first-order valence-corrected chi connectivity index (χ1v) is 10.6. The molecule has 1 aliphatic rings. The Kier molecular flexibility index (Phi) is 5.45. The molecule has 1 amide bonds. The van der Waals surface area contributed by atoms with Crippen molar-refractivity contribution in [3.63, 3.8) is 0 Å². The van der Waals surface area contributed by atoms with Crippen molar-refractivity contribution in [2.75, 3.05) is 23.7 Å². The zero-order valence-electron chi connectivity index (χ0n) is 15.8. The molecular formula is C21H22ClN5OS. The van der Waals surface area contributed by atoms with Gasteiger partial charge in [-0.15, -0.1) is 11.3 Å². The van der Waals surface area contributed by atoms with Crippen molar-refractivity contribution >= 4 is 62.7 Å². The summed E-state index contributed by atoms with van der Waals surface area (Å²) in [4.78, 5) is 19.8. The van der Waals surface area contributed by atoms with Crippen LogP contribution in [0.2, 0.25) is 5.02 Å². The van der Waals surface area contributed by atoms with Crippen molar-refractivity contribution in [3.05, 3.63) is 51.4 Å². The zero-order chi connectivity index (χ0) is 20.5. The molecule has 3 aromatic rings. The van der Waals surface area contributed by atoms with Gasteiger partial charge in [0.15, 0.2) is 0 Å². The number of nitrogens with zero attached hydrogens (tertiary/aromatic N) is 2. The van der Waals surface area contributed by atoms with Gasteiger partial charge >= 0.3 is 0 Å². The Hall–Kier alpha value is -2.61. The van der Waals surface area contributed by atoms with Gasteiger partial charge in [-0.25, -0.2) is 4.98 Å². The summed E-state index contributed by atoms with van der Waals surface area (Å²) in [6.07, 6.45) is 5.74. The highest BCUT2D eigenvalue weighted by atomic mass is 35.5. The first-order chi connectivity index (χ1) is 13.9. The van der Waals surface area contributed by atoms with E-state index >= 15 is 0 Å². The fraction of sp³-hybridized carbons (Fsp3) is 0.238. The molecule has 8 heteroatoms. The fourth-order valence-electron chi connectivity index (χ4n) is 3.53. The number of halogens is 1. The van der Waals surface area contributed by atoms with Crippen molar-refractivity contribution in [2.24, 2.45) is 11.5 Å². The highest BCUT2D eigenvalue weighted by Crippen LogP contribution is 2.38. The number of nitrogens with two attached hydrogens (primary N) is 3. The number of rotatable bonds is 4. The molecule has 0 saturated carbocycles. The Labute approximate surface area is 177 Å². The van der Waals surface area contributed by atoms with Crippen LogP contribution < -0.4 is 22.1 Å². The van der Waals surface area contributed by atoms with E-state index in [1.807, 2.05) is 42.5 Å². The number of nitrogen functional groups attached to an aromatic ring is 1. The minimum Gasteiger partial charge on any atom is -0.397 e. The molecule has 0 aliphatic carbocycles. The van der Waals surface area contributed by atoms with E-state index < -0.39 is 5.91 Å². The molecule has 0 unspecified atom stereocenters. The number of benzene rings is 1. The number of amides is 1. The lowest BCUT2D eigenvalue weighted by molar-refractivity contribution is 0.100. The van der Waals surface area contributed by atoms with Crippen LogP contribution in [-0.4, -0.2) is 30.0 Å². The highest BCUT2D eigenvalue weighted by Gasteiger charge is 2.22. The van der Waals surface area contributed by atoms with Gasteiger partial charge in [-0.2, -0.15) is 0 Å². The molecule has 0 bridgehead atoms. The molecule has 1 aromatic carbocycles. The molecule has 1 saturated heterocycles. The second kappa shape index (κ2) is 8.02. The predicted molar refractivity (Wildman–Crippen MR) is 122 cm³/mol. The monoisotopic (exact) mass is 427 g/mol. The summed E-state index contributed by atoms with van der Waals surface area (Å²) >= 11 is 7.51. The second-order valence-electron chi connectivity index (χ2n) is 7.14. The van der Waals surface area contributed by atoms with Crippen LogP contribution in [0.3, 0.4) is 0 Å². The first kappa shape index (κ1) is 19.7. The standard InChI is InChI=1S/C21H22ClN5OS/c22-15-4-2-1-3-12(15)5-6-13-11-16(27-9-7-14(23)8-10-27)26-21-17(13)18(24)19(29-21)20(25)28/h1-6,11,14H,7-10,23-24H2,(H2,25,28). The van der Waals surface area contributed by atoms with Crippen molar-refractivity contribution in [1.29, 1.82) is 0 Å². The van der Waals surface area contributed by atoms with Crippen molar-refractivity contribution < 1.29 is 4.79 Å². The molecule has 0 spiro atoms. The maximum Gasteiger partial charge on any atom is 0.260 e. The largest absolute Gasteiger partial charge is 0.397 e. The molecule has 6 N–H and O–H groups in total. The fourth-order valence-corrected chi connectivity index (χ4v) is 4.71. The third-order valence-corrected chi connectivity index (χ3v) is 6.61. The van der Waals surface area contributed by atoms with Crippen molar-refractivity contribution in [2.45, 2.75) is 18.9 Å². The van der Waals surface area contributed by atoms with E-state index in [9.17, 15) is 4.79 Å². The molecule has 4 rings (SSSR count). The molecular weight excluding hydrogens is 406 g/mol. The molecule has 0 atom stereocenters. The van der Waals surface area contributed by atoms with Crippen LogP contribution in [0.15, 0.2) is 30.3 Å². The number of piperidine rings is 1. The Bertz CT molecular complexity index is 1100. The summed E-state index contributed by atoms with van der Waals surface area (Å²) in [5, 5.41) is 1.40. The van der Waals surface area contributed by atoms with Gasteiger partial charge in [0.2, 0.25) is 0 Å². The smallest absolute Gasteiger partial charge is 0.260 e. The minimum atomic E-state index is -0.544. The topological polar surface area (TPSA) is 111 Å². The van der Waals surface area contributed by atoms with E-state index in [-0.39, 0.29) is 6.04 Å². The van der Waals surface area contributed by atoms with Gasteiger partial charge in [0, 0.05) is 29.5 Å². The van der Waals surface area contributed by atoms with Gasteiger partial charge in [-0.1, -0.05) is 42.0 Å². The number of hydrogen-bond donors (Lipinski definition) is 3. The normalized spacial score (nSPS) is 15.4. The van der Waals surface area contributed by atoms with Crippen LogP contribution in [0.1, 0.15) is 33.6 Å². The van der Waals surface area contributed by atoms with Crippen molar-refractivity contribution in [1.82, 2.24) is 4.98 Å². The lowest BCUT2D eigenvalue weighted by Gasteiger charge is -2.31. The maximum atomic E-state index is 11.8. The predicted octanol–water partition coefficient (Wildman–Crippen LogP) is 3.73. The summed E-state index contributed by atoms with van der Waals surface area (Å²) < 4.78 is 0. The quantitative estimate of drug-likeness (QED) is 0.587. The lowest BCUT2D eigenvalue weighted by Crippen LogP contribution is -2.40. The van der Waals surface area contributed by atoms with Crippen LogP contribution >= 0.6 is 22.9 Å². The number of primary amides is 1. The second-order valence-corrected chi connectivity index (χ2v) is 8.54. The number of aromatic nitrogens is 1. The van der Waals surface area contributed by atoms with Crippen LogP contribution in [-0.2, 0) is 0 Å². The molecule has 3 heterocycles. The average molecular weight is 428 g/mol. The van der Waals surface area contributed by atoms with Crippen LogP contribution in [0, 0.1) is 0 Å². The molecule has 150 valence electrons. The number of carbonyl (C=O) groups is 1. The number of carbonyl (C=O) groups excluding carboxylic acids is 1. The SMILES string of the molecule is NC(=O)c1sc2nc(N3CCC(N)CC3)cc(C=Cc3ccccc3Cl)c2c1N. The molecule has 2 aromatic heterocycles. The van der Waals surface area contributed by atoms with E-state index in [1.165, 1.54) is 11.3 Å². The van der Waals surface area contributed by atoms with E-state index in [2.05, 4.69) is 4.90 Å². The van der Waals surface area contributed by atoms with E-state index in [4.69, 9.17) is 33.8 Å². The van der Waals surface area contributed by atoms with Gasteiger partial charge in [0.1, 0.15) is 15.5 Å². The van der Waals surface area contributed by atoms with Crippen LogP contribution in [0.5, 0.6) is 0 Å². The molecule has 29 heavy (non-hydrogen) atoms. The summed E-state index contributed by atoms with van der Waals surface area (Å²) in [5.41, 5.74) is 20.0. The molecule has 0 radical (unpaired) electrons. The molecule has 1 aliphatic heterocycles. The van der Waals surface area contributed by atoms with Gasteiger partial charge in [-0.3, -0.25) is 4.79 Å². The van der Waals surface area contributed by atoms with Gasteiger partial charge in [-0.05, 0) is 36.1 Å². The summed E-state index contributed by atoms with van der Waals surface area (Å²) in [6, 6.07) is 9.83. The third-order valence-electron chi connectivity index (χ3n) is 5.15. The van der Waals surface area contributed by atoms with Gasteiger partial charge in [0.25, 0.3) is 5.91 Å². The average Bonchev–Trinajstić information content (AvgIpc) is 3.05.